The maximum atomic E-state index is 11.7. The molecule has 0 atom stereocenters. The fraction of sp³-hybridized carbons (Fsp3) is 0.381. The number of aliphatic imine (C=N–C) groups is 1. The zero-order valence-electron chi connectivity index (χ0n) is 16.8. The highest BCUT2D eigenvalue weighted by atomic mass is 127. The topological polar surface area (TPSA) is 78.4 Å². The maximum absolute atomic E-state index is 11.7. The van der Waals surface area contributed by atoms with Crippen molar-refractivity contribution in [1.29, 1.82) is 0 Å². The van der Waals surface area contributed by atoms with E-state index in [1.54, 1.807) is 7.05 Å². The first-order valence-corrected chi connectivity index (χ1v) is 9.36. The van der Waals surface area contributed by atoms with Gasteiger partial charge in [0.05, 0.1) is 0 Å². The summed E-state index contributed by atoms with van der Waals surface area (Å²) in [5.74, 6) is 0.748. The quantitative estimate of drug-likeness (QED) is 0.299. The Bertz CT molecular complexity index is 779. The van der Waals surface area contributed by atoms with Crippen LogP contribution >= 0.6 is 24.0 Å². The normalized spacial score (nSPS) is 10.8. The summed E-state index contributed by atoms with van der Waals surface area (Å²) in [7, 11) is 1.64. The van der Waals surface area contributed by atoms with Gasteiger partial charge in [0.25, 0.3) is 5.91 Å². The third kappa shape index (κ3) is 7.84. The van der Waals surface area contributed by atoms with Gasteiger partial charge >= 0.3 is 0 Å². The molecule has 0 unspecified atom stereocenters. The Morgan fingerprint density at radius 1 is 1.18 bits per heavy atom. The fourth-order valence-electron chi connectivity index (χ4n) is 2.75. The number of carbonyl (C=O) groups is 1. The van der Waals surface area contributed by atoms with E-state index in [1.165, 1.54) is 11.1 Å². The van der Waals surface area contributed by atoms with E-state index in [0.29, 0.717) is 12.1 Å². The molecule has 0 bridgehead atoms. The molecule has 0 aliphatic rings. The second kappa shape index (κ2) is 13.1. The molecule has 2 aromatic rings. The number of pyridine rings is 1. The van der Waals surface area contributed by atoms with Crippen LogP contribution in [0.25, 0.3) is 0 Å². The van der Waals surface area contributed by atoms with Gasteiger partial charge in [-0.2, -0.15) is 0 Å². The first kappa shape index (κ1) is 23.9. The van der Waals surface area contributed by atoms with Crippen molar-refractivity contribution in [1.82, 2.24) is 20.9 Å². The highest BCUT2D eigenvalue weighted by Crippen LogP contribution is 2.06. The van der Waals surface area contributed by atoms with Gasteiger partial charge in [-0.15, -0.1) is 24.0 Å². The number of amides is 1. The Morgan fingerprint density at radius 3 is 2.71 bits per heavy atom. The molecule has 0 fully saturated rings. The Hall–Kier alpha value is -2.16. The Morgan fingerprint density at radius 2 is 2.00 bits per heavy atom. The number of aryl methyl sites for hydroxylation is 1. The van der Waals surface area contributed by atoms with Gasteiger partial charge < -0.3 is 16.0 Å². The standard InChI is InChI=1S/C21H29N5O.HI/c1-4-24-21(26-13-10-18-9-11-23-15-16(18)2)25-12-8-17-6-5-7-19(14-17)20(27)22-3;/h5-7,9,11,14-15H,4,8,10,12-13H2,1-3H3,(H,22,27)(H2,24,25,26);1H. The van der Waals surface area contributed by atoms with Crippen LogP contribution in [0.5, 0.6) is 0 Å². The Kier molecular flexibility index (Phi) is 11.2. The summed E-state index contributed by atoms with van der Waals surface area (Å²) in [6.07, 6.45) is 5.41. The second-order valence-corrected chi connectivity index (χ2v) is 6.27. The van der Waals surface area contributed by atoms with Gasteiger partial charge in [0.1, 0.15) is 0 Å². The highest BCUT2D eigenvalue weighted by molar-refractivity contribution is 14.0. The third-order valence-corrected chi connectivity index (χ3v) is 4.25. The molecule has 28 heavy (non-hydrogen) atoms. The summed E-state index contributed by atoms with van der Waals surface area (Å²) in [4.78, 5) is 20.5. The predicted octanol–water partition coefficient (Wildman–Crippen LogP) is 2.71. The lowest BCUT2D eigenvalue weighted by Crippen LogP contribution is -2.38. The van der Waals surface area contributed by atoms with Crippen molar-refractivity contribution in [3.63, 3.8) is 0 Å². The fourth-order valence-corrected chi connectivity index (χ4v) is 2.75. The van der Waals surface area contributed by atoms with Crippen molar-refractivity contribution in [2.24, 2.45) is 4.99 Å². The van der Waals surface area contributed by atoms with E-state index in [1.807, 2.05) is 42.7 Å². The number of rotatable bonds is 8. The molecule has 0 aliphatic carbocycles. The van der Waals surface area contributed by atoms with Crippen molar-refractivity contribution >= 4 is 35.8 Å². The van der Waals surface area contributed by atoms with Gasteiger partial charge in [0, 0.05) is 44.6 Å². The van der Waals surface area contributed by atoms with Crippen molar-refractivity contribution < 1.29 is 4.79 Å². The van der Waals surface area contributed by atoms with E-state index in [-0.39, 0.29) is 29.9 Å². The first-order valence-electron chi connectivity index (χ1n) is 9.36. The number of benzene rings is 1. The lowest BCUT2D eigenvalue weighted by atomic mass is 10.1. The van der Waals surface area contributed by atoms with E-state index >= 15 is 0 Å². The van der Waals surface area contributed by atoms with Crippen molar-refractivity contribution in [2.75, 3.05) is 26.7 Å². The van der Waals surface area contributed by atoms with Crippen LogP contribution in [0.1, 0.15) is 34.0 Å². The molecule has 0 saturated heterocycles. The van der Waals surface area contributed by atoms with E-state index in [2.05, 4.69) is 39.8 Å². The van der Waals surface area contributed by atoms with Crippen molar-refractivity contribution in [3.8, 4) is 0 Å². The number of nitrogens with zero attached hydrogens (tertiary/aromatic N) is 2. The van der Waals surface area contributed by atoms with E-state index in [9.17, 15) is 4.79 Å². The number of hydrogen-bond donors (Lipinski definition) is 3. The van der Waals surface area contributed by atoms with Crippen LogP contribution in [0.2, 0.25) is 0 Å². The first-order chi connectivity index (χ1) is 13.1. The summed E-state index contributed by atoms with van der Waals surface area (Å²) in [6.45, 7) is 6.40. The molecule has 2 rings (SSSR count). The average molecular weight is 495 g/mol. The van der Waals surface area contributed by atoms with Gasteiger partial charge in [-0.25, -0.2) is 0 Å². The molecule has 1 aromatic heterocycles. The molecule has 6 nitrogen and oxygen atoms in total. The van der Waals surface area contributed by atoms with Crippen LogP contribution in [-0.4, -0.2) is 43.5 Å². The van der Waals surface area contributed by atoms with E-state index < -0.39 is 0 Å². The average Bonchev–Trinajstić information content (AvgIpc) is 2.69. The van der Waals surface area contributed by atoms with E-state index in [4.69, 9.17) is 0 Å². The smallest absolute Gasteiger partial charge is 0.251 e. The van der Waals surface area contributed by atoms with Crippen molar-refractivity contribution in [2.45, 2.75) is 26.7 Å². The number of hydrogen-bond acceptors (Lipinski definition) is 3. The summed E-state index contributed by atoms with van der Waals surface area (Å²) in [5, 5.41) is 9.28. The second-order valence-electron chi connectivity index (χ2n) is 6.27. The SMILES string of the molecule is CCNC(=NCCc1ccncc1C)NCCc1cccc(C(=O)NC)c1.I. The highest BCUT2D eigenvalue weighted by Gasteiger charge is 2.04. The molecule has 1 heterocycles. The zero-order chi connectivity index (χ0) is 19.5. The van der Waals surface area contributed by atoms with E-state index in [0.717, 1.165) is 37.5 Å². The lowest BCUT2D eigenvalue weighted by Gasteiger charge is -2.12. The predicted molar refractivity (Wildman–Crippen MR) is 126 cm³/mol. The molecule has 152 valence electrons. The Labute approximate surface area is 184 Å². The summed E-state index contributed by atoms with van der Waals surface area (Å²) in [5.41, 5.74) is 4.27. The van der Waals surface area contributed by atoms with Crippen molar-refractivity contribution in [3.05, 3.63) is 65.0 Å². The minimum atomic E-state index is -0.0638. The molecule has 0 radical (unpaired) electrons. The lowest BCUT2D eigenvalue weighted by molar-refractivity contribution is 0.0963. The van der Waals surface area contributed by atoms with Gasteiger partial charge in [-0.1, -0.05) is 12.1 Å². The van der Waals surface area contributed by atoms with Crippen LogP contribution in [-0.2, 0) is 12.8 Å². The van der Waals surface area contributed by atoms with Gasteiger partial charge in [0.2, 0.25) is 0 Å². The summed E-state index contributed by atoms with van der Waals surface area (Å²) >= 11 is 0. The number of aromatic nitrogens is 1. The van der Waals surface area contributed by atoms with Crippen LogP contribution in [0, 0.1) is 6.92 Å². The minimum Gasteiger partial charge on any atom is -0.357 e. The molecule has 1 amide bonds. The summed E-state index contributed by atoms with van der Waals surface area (Å²) in [6, 6.07) is 9.74. The van der Waals surface area contributed by atoms with Crippen LogP contribution in [0.3, 0.4) is 0 Å². The van der Waals surface area contributed by atoms with Crippen LogP contribution in [0.15, 0.2) is 47.7 Å². The van der Waals surface area contributed by atoms with Gasteiger partial charge in [-0.3, -0.25) is 14.8 Å². The number of nitrogens with one attached hydrogen (secondary N) is 3. The largest absolute Gasteiger partial charge is 0.357 e. The maximum Gasteiger partial charge on any atom is 0.251 e. The molecule has 0 saturated carbocycles. The zero-order valence-corrected chi connectivity index (χ0v) is 19.1. The van der Waals surface area contributed by atoms with Gasteiger partial charge in [0.15, 0.2) is 5.96 Å². The molecular formula is C21H30IN5O. The Balaban J connectivity index is 0.00000392. The monoisotopic (exact) mass is 495 g/mol. The van der Waals surface area contributed by atoms with Crippen LogP contribution < -0.4 is 16.0 Å². The molecular weight excluding hydrogens is 465 g/mol. The van der Waals surface area contributed by atoms with Gasteiger partial charge in [-0.05, 0) is 61.6 Å². The number of guanidine groups is 1. The third-order valence-electron chi connectivity index (χ3n) is 4.25. The molecule has 0 spiro atoms. The summed E-state index contributed by atoms with van der Waals surface area (Å²) < 4.78 is 0. The molecule has 7 heteroatoms. The number of carbonyl (C=O) groups excluding carboxylic acids is 1. The molecule has 1 aromatic carbocycles. The molecule has 0 aliphatic heterocycles. The number of halogens is 1. The van der Waals surface area contributed by atoms with Crippen LogP contribution in [0.4, 0.5) is 0 Å². The minimum absolute atomic E-state index is 0. The molecule has 3 N–H and O–H groups in total.